The van der Waals surface area contributed by atoms with Crippen molar-refractivity contribution in [3.05, 3.63) is 18.0 Å². The third kappa shape index (κ3) is 4.56. The van der Waals surface area contributed by atoms with Crippen LogP contribution in [0.25, 0.3) is 0 Å². The minimum atomic E-state index is -3.54. The number of aromatic nitrogens is 1. The summed E-state index contributed by atoms with van der Waals surface area (Å²) in [5, 5.41) is 9.32. The summed E-state index contributed by atoms with van der Waals surface area (Å²) in [6.45, 7) is 11.2. The van der Waals surface area contributed by atoms with Crippen molar-refractivity contribution in [3.63, 3.8) is 0 Å². The third-order valence-corrected chi connectivity index (χ3v) is 5.55. The molecule has 0 unspecified atom stereocenters. The standard InChI is InChI=1S/C15H28N2O3S/c1-6-7-17-9-14(8-13(17)10-18)21(19,20)16-11-15(4,5)12(2)3/h8-9,12,16,18H,6-7,10-11H2,1-5H3. The largest absolute Gasteiger partial charge is 0.390 e. The first kappa shape index (κ1) is 18.2. The smallest absolute Gasteiger partial charge is 0.242 e. The maximum atomic E-state index is 12.4. The number of sulfonamides is 1. The number of hydrogen-bond donors (Lipinski definition) is 2. The Bertz CT molecular complexity index is 559. The molecule has 0 radical (unpaired) electrons. The van der Waals surface area contributed by atoms with Crippen molar-refractivity contribution in [1.29, 1.82) is 0 Å². The molecular weight excluding hydrogens is 288 g/mol. The topological polar surface area (TPSA) is 71.3 Å². The maximum absolute atomic E-state index is 12.4. The highest BCUT2D eigenvalue weighted by Crippen LogP contribution is 2.25. The molecular formula is C15H28N2O3S. The van der Waals surface area contributed by atoms with Gasteiger partial charge in [0.2, 0.25) is 10.0 Å². The summed E-state index contributed by atoms with van der Waals surface area (Å²) in [6, 6.07) is 1.54. The monoisotopic (exact) mass is 316 g/mol. The zero-order valence-electron chi connectivity index (χ0n) is 13.7. The van der Waals surface area contributed by atoms with Crippen molar-refractivity contribution in [2.24, 2.45) is 11.3 Å². The molecule has 0 aliphatic carbocycles. The first-order valence-corrected chi connectivity index (χ1v) is 8.92. The number of nitrogens with zero attached hydrogens (tertiary/aromatic N) is 1. The van der Waals surface area contributed by atoms with Crippen LogP contribution in [0, 0.1) is 11.3 Å². The highest BCUT2D eigenvalue weighted by Gasteiger charge is 2.26. The van der Waals surface area contributed by atoms with Gasteiger partial charge >= 0.3 is 0 Å². The summed E-state index contributed by atoms with van der Waals surface area (Å²) < 4.78 is 29.2. The molecule has 0 saturated heterocycles. The van der Waals surface area contributed by atoms with E-state index in [0.29, 0.717) is 24.7 Å². The Labute approximate surface area is 128 Å². The van der Waals surface area contributed by atoms with Gasteiger partial charge in [0.25, 0.3) is 0 Å². The third-order valence-electron chi connectivity index (χ3n) is 4.18. The van der Waals surface area contributed by atoms with Crippen LogP contribution in [0.5, 0.6) is 0 Å². The van der Waals surface area contributed by atoms with Crippen LogP contribution >= 0.6 is 0 Å². The van der Waals surface area contributed by atoms with Gasteiger partial charge in [0.05, 0.1) is 11.5 Å². The van der Waals surface area contributed by atoms with Gasteiger partial charge in [0.1, 0.15) is 0 Å². The number of aliphatic hydroxyl groups is 1. The van der Waals surface area contributed by atoms with E-state index >= 15 is 0 Å². The van der Waals surface area contributed by atoms with E-state index < -0.39 is 10.0 Å². The van der Waals surface area contributed by atoms with E-state index in [1.165, 1.54) is 0 Å². The fourth-order valence-electron chi connectivity index (χ4n) is 1.82. The van der Waals surface area contributed by atoms with Crippen LogP contribution in [0.1, 0.15) is 46.7 Å². The van der Waals surface area contributed by atoms with Crippen LogP contribution in [0.3, 0.4) is 0 Å². The van der Waals surface area contributed by atoms with Crippen molar-refractivity contribution in [1.82, 2.24) is 9.29 Å². The minimum absolute atomic E-state index is 0.112. The van der Waals surface area contributed by atoms with Crippen molar-refractivity contribution >= 4 is 10.0 Å². The molecule has 5 nitrogen and oxygen atoms in total. The van der Waals surface area contributed by atoms with E-state index in [1.807, 2.05) is 20.8 Å². The van der Waals surface area contributed by atoms with Crippen LogP contribution < -0.4 is 4.72 Å². The second kappa shape index (κ2) is 6.94. The van der Waals surface area contributed by atoms with Crippen LogP contribution in [-0.2, 0) is 23.2 Å². The van der Waals surface area contributed by atoms with Gasteiger partial charge in [-0.2, -0.15) is 0 Å². The molecule has 1 aromatic heterocycles. The van der Waals surface area contributed by atoms with Crippen LogP contribution in [0.2, 0.25) is 0 Å². The quantitative estimate of drug-likeness (QED) is 0.773. The summed E-state index contributed by atoms with van der Waals surface area (Å²) in [4.78, 5) is 0.222. The van der Waals surface area contributed by atoms with Gasteiger partial charge in [-0.1, -0.05) is 34.6 Å². The molecule has 0 saturated carbocycles. The van der Waals surface area contributed by atoms with Gasteiger partial charge in [-0.3, -0.25) is 0 Å². The summed E-state index contributed by atoms with van der Waals surface area (Å²) in [7, 11) is -3.54. The number of nitrogens with one attached hydrogen (secondary N) is 1. The summed E-state index contributed by atoms with van der Waals surface area (Å²) >= 11 is 0. The SMILES string of the molecule is CCCn1cc(S(=O)(=O)NCC(C)(C)C(C)C)cc1CO. The summed E-state index contributed by atoms with van der Waals surface area (Å²) in [5.74, 6) is 0.373. The highest BCUT2D eigenvalue weighted by molar-refractivity contribution is 7.89. The van der Waals surface area contributed by atoms with Gasteiger partial charge < -0.3 is 9.67 Å². The molecule has 6 heteroatoms. The molecule has 1 aromatic rings. The van der Waals surface area contributed by atoms with Crippen molar-refractivity contribution in [2.75, 3.05) is 6.54 Å². The number of aryl methyl sites for hydroxylation is 1. The highest BCUT2D eigenvalue weighted by atomic mass is 32.2. The number of aliphatic hydroxyl groups excluding tert-OH is 1. The average molecular weight is 316 g/mol. The van der Waals surface area contributed by atoms with Gasteiger partial charge in [0, 0.05) is 25.0 Å². The lowest BCUT2D eigenvalue weighted by Gasteiger charge is -2.29. The van der Waals surface area contributed by atoms with Gasteiger partial charge in [-0.25, -0.2) is 13.1 Å². The van der Waals surface area contributed by atoms with Crippen molar-refractivity contribution in [3.8, 4) is 0 Å². The lowest BCUT2D eigenvalue weighted by atomic mass is 9.81. The zero-order chi connectivity index (χ0) is 16.3. The van der Waals surface area contributed by atoms with E-state index in [9.17, 15) is 13.5 Å². The second-order valence-electron chi connectivity index (χ2n) is 6.49. The second-order valence-corrected chi connectivity index (χ2v) is 8.25. The van der Waals surface area contributed by atoms with Gasteiger partial charge in [0.15, 0.2) is 0 Å². The number of rotatable bonds is 8. The van der Waals surface area contributed by atoms with Crippen molar-refractivity contribution in [2.45, 2.75) is 59.1 Å². The van der Waals surface area contributed by atoms with Gasteiger partial charge in [-0.05, 0) is 23.8 Å². The molecule has 0 spiro atoms. The molecule has 122 valence electrons. The molecule has 0 aliphatic rings. The van der Waals surface area contributed by atoms with E-state index in [2.05, 4.69) is 18.6 Å². The van der Waals surface area contributed by atoms with Crippen molar-refractivity contribution < 1.29 is 13.5 Å². The van der Waals surface area contributed by atoms with E-state index in [1.54, 1.807) is 16.8 Å². The predicted octanol–water partition coefficient (Wildman–Crippen LogP) is 2.35. The molecule has 0 aliphatic heterocycles. The molecule has 2 N–H and O–H groups in total. The Balaban J connectivity index is 2.93. The van der Waals surface area contributed by atoms with Crippen LogP contribution in [0.15, 0.2) is 17.2 Å². The molecule has 0 aromatic carbocycles. The first-order valence-electron chi connectivity index (χ1n) is 7.43. The lowest BCUT2D eigenvalue weighted by molar-refractivity contribution is 0.252. The maximum Gasteiger partial charge on any atom is 0.242 e. The molecule has 1 heterocycles. The summed E-state index contributed by atoms with van der Waals surface area (Å²) in [5.41, 5.74) is 0.513. The number of hydrogen-bond acceptors (Lipinski definition) is 3. The summed E-state index contributed by atoms with van der Waals surface area (Å²) in [6.07, 6.45) is 2.48. The minimum Gasteiger partial charge on any atom is -0.390 e. The predicted molar refractivity (Wildman–Crippen MR) is 84.5 cm³/mol. The van der Waals surface area contributed by atoms with Gasteiger partial charge in [-0.15, -0.1) is 0 Å². The van der Waals surface area contributed by atoms with E-state index in [4.69, 9.17) is 0 Å². The molecule has 0 fully saturated rings. The Morgan fingerprint density at radius 3 is 2.48 bits per heavy atom. The zero-order valence-corrected chi connectivity index (χ0v) is 14.5. The van der Waals surface area contributed by atoms with E-state index in [0.717, 1.165) is 6.42 Å². The molecule has 21 heavy (non-hydrogen) atoms. The van der Waals surface area contributed by atoms with Crippen LogP contribution in [0.4, 0.5) is 0 Å². The molecule has 0 bridgehead atoms. The fourth-order valence-corrected chi connectivity index (χ4v) is 3.11. The molecule has 0 amide bonds. The Kier molecular flexibility index (Phi) is 6.01. The normalized spacial score (nSPS) is 13.1. The van der Waals surface area contributed by atoms with Crippen LogP contribution in [-0.4, -0.2) is 24.6 Å². The lowest BCUT2D eigenvalue weighted by Crippen LogP contribution is -2.36. The Hall–Kier alpha value is -0.850. The fraction of sp³-hybridized carbons (Fsp3) is 0.733. The Morgan fingerprint density at radius 2 is 2.00 bits per heavy atom. The molecule has 1 rings (SSSR count). The van der Waals surface area contributed by atoms with E-state index in [-0.39, 0.29) is 16.9 Å². The molecule has 0 atom stereocenters. The first-order chi connectivity index (χ1) is 9.64. The average Bonchev–Trinajstić information content (AvgIpc) is 2.81. The Morgan fingerprint density at radius 1 is 1.38 bits per heavy atom.